The molecule has 0 bridgehead atoms. The number of carbonyl (C=O) groups excluding carboxylic acids is 1. The van der Waals surface area contributed by atoms with E-state index in [1.165, 1.54) is 27.0 Å². The highest BCUT2D eigenvalue weighted by atomic mass is 32.1. The lowest BCUT2D eigenvalue weighted by Crippen LogP contribution is -2.41. The molecule has 0 saturated carbocycles. The van der Waals surface area contributed by atoms with Gasteiger partial charge in [-0.2, -0.15) is 0 Å². The third kappa shape index (κ3) is 3.44. The molecular weight excluding hydrogens is 370 g/mol. The first kappa shape index (κ1) is 18.7. The first-order valence-electron chi connectivity index (χ1n) is 9.47. The summed E-state index contributed by atoms with van der Waals surface area (Å²) in [4.78, 5) is 21.6. The highest BCUT2D eigenvalue weighted by Gasteiger charge is 2.23. The second kappa shape index (κ2) is 7.43. The summed E-state index contributed by atoms with van der Waals surface area (Å²) in [5.41, 5.74) is 5.92. The molecule has 0 N–H and O–H groups in total. The molecule has 1 aromatic heterocycles. The smallest absolute Gasteiger partial charge is 0.242 e. The number of nitrogens with zero attached hydrogens (tertiary/aromatic N) is 3. The minimum atomic E-state index is 0.136. The SMILES string of the molecule is COc1ccc2c(c1)CCN(C(=O)CN(C)c1nc3c(C)ccc(C)c3s1)C2. The van der Waals surface area contributed by atoms with Crippen molar-refractivity contribution < 1.29 is 9.53 Å². The van der Waals surface area contributed by atoms with Crippen LogP contribution in [0, 0.1) is 13.8 Å². The summed E-state index contributed by atoms with van der Waals surface area (Å²) in [5.74, 6) is 1.01. The van der Waals surface area contributed by atoms with Crippen molar-refractivity contribution in [2.24, 2.45) is 0 Å². The van der Waals surface area contributed by atoms with E-state index in [1.54, 1.807) is 18.4 Å². The standard InChI is InChI=1S/C22H25N3O2S/c1-14-5-6-15(2)21-20(14)23-22(28-21)24(3)13-19(26)25-10-9-16-11-18(27-4)8-7-17(16)12-25/h5-8,11H,9-10,12-13H2,1-4H3. The molecule has 5 nitrogen and oxygen atoms in total. The first-order valence-corrected chi connectivity index (χ1v) is 10.3. The average Bonchev–Trinajstić information content (AvgIpc) is 3.17. The number of rotatable bonds is 4. The predicted molar refractivity (Wildman–Crippen MR) is 114 cm³/mol. The molecule has 0 atom stereocenters. The number of benzene rings is 2. The largest absolute Gasteiger partial charge is 0.497 e. The summed E-state index contributed by atoms with van der Waals surface area (Å²) in [5, 5.41) is 0.892. The van der Waals surface area contributed by atoms with E-state index in [1.807, 2.05) is 22.9 Å². The van der Waals surface area contributed by atoms with E-state index in [0.717, 1.165) is 29.4 Å². The van der Waals surface area contributed by atoms with Crippen molar-refractivity contribution in [3.05, 3.63) is 52.6 Å². The van der Waals surface area contributed by atoms with Crippen molar-refractivity contribution in [2.45, 2.75) is 26.8 Å². The molecule has 0 spiro atoms. The predicted octanol–water partition coefficient (Wildman–Crippen LogP) is 3.94. The maximum absolute atomic E-state index is 12.9. The second-order valence-corrected chi connectivity index (χ2v) is 8.41. The van der Waals surface area contributed by atoms with Crippen LogP contribution >= 0.6 is 11.3 Å². The van der Waals surface area contributed by atoms with Crippen molar-refractivity contribution >= 4 is 32.6 Å². The zero-order chi connectivity index (χ0) is 19.8. The Bertz CT molecular complexity index is 1000. The van der Waals surface area contributed by atoms with Gasteiger partial charge in [-0.25, -0.2) is 4.98 Å². The molecule has 6 heteroatoms. The highest BCUT2D eigenvalue weighted by Crippen LogP contribution is 2.32. The number of hydrogen-bond donors (Lipinski definition) is 0. The van der Waals surface area contributed by atoms with Crippen LogP contribution in [-0.4, -0.2) is 43.0 Å². The van der Waals surface area contributed by atoms with Gasteiger partial charge in [0.15, 0.2) is 5.13 Å². The van der Waals surface area contributed by atoms with Crippen molar-refractivity contribution in [3.8, 4) is 5.75 Å². The molecular formula is C22H25N3O2S. The molecule has 0 aliphatic carbocycles. The summed E-state index contributed by atoms with van der Waals surface area (Å²) >= 11 is 1.66. The number of carbonyl (C=O) groups is 1. The highest BCUT2D eigenvalue weighted by molar-refractivity contribution is 7.22. The van der Waals surface area contributed by atoms with Crippen LogP contribution in [0.3, 0.4) is 0 Å². The third-order valence-corrected chi connectivity index (χ3v) is 6.71. The fraction of sp³-hybridized carbons (Fsp3) is 0.364. The van der Waals surface area contributed by atoms with Gasteiger partial charge in [-0.1, -0.05) is 29.5 Å². The molecule has 1 aliphatic heterocycles. The zero-order valence-corrected chi connectivity index (χ0v) is 17.6. The third-order valence-electron chi connectivity index (χ3n) is 5.41. The molecule has 0 saturated heterocycles. The molecule has 0 fully saturated rings. The van der Waals surface area contributed by atoms with Gasteiger partial charge in [0, 0.05) is 20.1 Å². The van der Waals surface area contributed by atoms with E-state index in [2.05, 4.69) is 38.1 Å². The van der Waals surface area contributed by atoms with E-state index >= 15 is 0 Å². The Labute approximate surface area is 169 Å². The van der Waals surface area contributed by atoms with E-state index < -0.39 is 0 Å². The van der Waals surface area contributed by atoms with Crippen LogP contribution in [0.2, 0.25) is 0 Å². The summed E-state index contributed by atoms with van der Waals surface area (Å²) in [6.07, 6.45) is 0.863. The lowest BCUT2D eigenvalue weighted by atomic mass is 9.99. The van der Waals surface area contributed by atoms with E-state index in [0.29, 0.717) is 13.1 Å². The molecule has 2 heterocycles. The van der Waals surface area contributed by atoms with Crippen LogP contribution in [0.15, 0.2) is 30.3 Å². The van der Waals surface area contributed by atoms with Gasteiger partial charge in [-0.3, -0.25) is 4.79 Å². The summed E-state index contributed by atoms with van der Waals surface area (Å²) in [6.45, 7) is 5.92. The van der Waals surface area contributed by atoms with Gasteiger partial charge in [0.1, 0.15) is 5.75 Å². The Morgan fingerprint density at radius 2 is 2.00 bits per heavy atom. The van der Waals surface area contributed by atoms with Gasteiger partial charge >= 0.3 is 0 Å². The maximum Gasteiger partial charge on any atom is 0.242 e. The van der Waals surface area contributed by atoms with Crippen LogP contribution in [0.4, 0.5) is 5.13 Å². The number of ether oxygens (including phenoxy) is 1. The molecule has 4 rings (SSSR count). The number of anilines is 1. The minimum absolute atomic E-state index is 0.136. The molecule has 1 amide bonds. The Balaban J connectivity index is 1.48. The number of aromatic nitrogens is 1. The number of thiazole rings is 1. The van der Waals surface area contributed by atoms with Crippen LogP contribution in [0.25, 0.3) is 10.2 Å². The lowest BCUT2D eigenvalue weighted by molar-refractivity contribution is -0.130. The van der Waals surface area contributed by atoms with Gasteiger partial charge in [0.05, 0.1) is 23.9 Å². The Morgan fingerprint density at radius 3 is 2.75 bits per heavy atom. The van der Waals surface area contributed by atoms with Gasteiger partial charge in [0.2, 0.25) is 5.91 Å². The monoisotopic (exact) mass is 395 g/mol. The summed E-state index contributed by atoms with van der Waals surface area (Å²) in [7, 11) is 3.63. The van der Waals surface area contributed by atoms with E-state index in [4.69, 9.17) is 9.72 Å². The fourth-order valence-corrected chi connectivity index (χ4v) is 4.72. The molecule has 146 valence electrons. The van der Waals surface area contributed by atoms with Gasteiger partial charge in [-0.05, 0) is 54.7 Å². The molecule has 2 aromatic carbocycles. The molecule has 0 unspecified atom stereocenters. The molecule has 1 aliphatic rings. The quantitative estimate of drug-likeness (QED) is 0.671. The molecule has 28 heavy (non-hydrogen) atoms. The van der Waals surface area contributed by atoms with Crippen LogP contribution in [0.5, 0.6) is 5.75 Å². The zero-order valence-electron chi connectivity index (χ0n) is 16.8. The van der Waals surface area contributed by atoms with Crippen LogP contribution < -0.4 is 9.64 Å². The fourth-order valence-electron chi connectivity index (χ4n) is 3.65. The topological polar surface area (TPSA) is 45.7 Å². The number of likely N-dealkylation sites (N-methyl/N-ethyl adjacent to an activating group) is 1. The number of hydrogen-bond acceptors (Lipinski definition) is 5. The van der Waals surface area contributed by atoms with Crippen molar-refractivity contribution in [2.75, 3.05) is 32.1 Å². The second-order valence-electron chi connectivity index (χ2n) is 7.43. The first-order chi connectivity index (χ1) is 13.5. The van der Waals surface area contributed by atoms with Gasteiger partial charge in [0.25, 0.3) is 0 Å². The lowest BCUT2D eigenvalue weighted by Gasteiger charge is -2.30. The Kier molecular flexibility index (Phi) is 4.98. The number of fused-ring (bicyclic) bond motifs is 2. The van der Waals surface area contributed by atoms with Crippen molar-refractivity contribution in [1.82, 2.24) is 9.88 Å². The summed E-state index contributed by atoms with van der Waals surface area (Å²) < 4.78 is 6.51. The summed E-state index contributed by atoms with van der Waals surface area (Å²) in [6, 6.07) is 10.3. The van der Waals surface area contributed by atoms with Crippen molar-refractivity contribution in [1.29, 1.82) is 0 Å². The number of aryl methyl sites for hydroxylation is 2. The van der Waals surface area contributed by atoms with Crippen LogP contribution in [-0.2, 0) is 17.8 Å². The molecule has 3 aromatic rings. The normalized spacial score (nSPS) is 13.5. The minimum Gasteiger partial charge on any atom is -0.497 e. The van der Waals surface area contributed by atoms with Crippen LogP contribution in [0.1, 0.15) is 22.3 Å². The van der Waals surface area contributed by atoms with E-state index in [-0.39, 0.29) is 5.91 Å². The Morgan fingerprint density at radius 1 is 1.21 bits per heavy atom. The van der Waals surface area contributed by atoms with E-state index in [9.17, 15) is 4.79 Å². The Hall–Kier alpha value is -2.60. The number of amides is 1. The maximum atomic E-state index is 12.9. The average molecular weight is 396 g/mol. The number of methoxy groups -OCH3 is 1. The van der Waals surface area contributed by atoms with Gasteiger partial charge in [-0.15, -0.1) is 0 Å². The van der Waals surface area contributed by atoms with Gasteiger partial charge < -0.3 is 14.5 Å². The molecule has 0 radical (unpaired) electrons. The van der Waals surface area contributed by atoms with Crippen molar-refractivity contribution in [3.63, 3.8) is 0 Å².